The fraction of sp³-hybridized carbons (Fsp3) is 0.381. The first-order valence-electron chi connectivity index (χ1n) is 9.25. The van der Waals surface area contributed by atoms with Crippen molar-refractivity contribution in [1.29, 1.82) is 0 Å². The third kappa shape index (κ3) is 5.70. The van der Waals surface area contributed by atoms with Crippen LogP contribution in [-0.4, -0.2) is 44.1 Å². The standard InChI is InChI=1S/C21H28N4S/c1-22-21(23-12-11-18-5-3-2-4-6-18)24-17-19-7-9-20(10-8-19)25-13-15-26-16-14-25/h2-10H,11-17H2,1H3,(H2,22,23,24). The van der Waals surface area contributed by atoms with Gasteiger partial charge < -0.3 is 15.5 Å². The highest BCUT2D eigenvalue weighted by Gasteiger charge is 2.10. The normalized spacial score (nSPS) is 15.0. The van der Waals surface area contributed by atoms with E-state index in [0.29, 0.717) is 0 Å². The van der Waals surface area contributed by atoms with E-state index in [9.17, 15) is 0 Å². The molecule has 0 spiro atoms. The maximum atomic E-state index is 4.31. The summed E-state index contributed by atoms with van der Waals surface area (Å²) in [6, 6.07) is 19.4. The van der Waals surface area contributed by atoms with Crippen LogP contribution in [-0.2, 0) is 13.0 Å². The molecule has 2 aromatic rings. The molecule has 0 amide bonds. The summed E-state index contributed by atoms with van der Waals surface area (Å²) in [5.74, 6) is 3.31. The average Bonchev–Trinajstić information content (AvgIpc) is 2.72. The van der Waals surface area contributed by atoms with Crippen LogP contribution in [0.25, 0.3) is 0 Å². The van der Waals surface area contributed by atoms with Crippen molar-refractivity contribution in [2.75, 3.05) is 43.1 Å². The van der Waals surface area contributed by atoms with Gasteiger partial charge in [0, 0.05) is 50.4 Å². The molecule has 1 saturated heterocycles. The second-order valence-corrected chi connectivity index (χ2v) is 7.58. The number of benzene rings is 2. The van der Waals surface area contributed by atoms with Gasteiger partial charge in [-0.1, -0.05) is 42.5 Å². The van der Waals surface area contributed by atoms with E-state index in [2.05, 4.69) is 69.1 Å². The third-order valence-electron chi connectivity index (χ3n) is 4.55. The fourth-order valence-electron chi connectivity index (χ4n) is 3.02. The van der Waals surface area contributed by atoms with Crippen LogP contribution >= 0.6 is 11.8 Å². The zero-order valence-corrected chi connectivity index (χ0v) is 16.3. The van der Waals surface area contributed by atoms with Gasteiger partial charge in [0.15, 0.2) is 5.96 Å². The number of hydrogen-bond donors (Lipinski definition) is 2. The number of nitrogens with one attached hydrogen (secondary N) is 2. The largest absolute Gasteiger partial charge is 0.370 e. The summed E-state index contributed by atoms with van der Waals surface area (Å²) in [7, 11) is 1.81. The lowest BCUT2D eigenvalue weighted by Crippen LogP contribution is -2.37. The van der Waals surface area contributed by atoms with Crippen molar-refractivity contribution in [3.8, 4) is 0 Å². The maximum absolute atomic E-state index is 4.31. The van der Waals surface area contributed by atoms with Crippen LogP contribution in [0.2, 0.25) is 0 Å². The summed E-state index contributed by atoms with van der Waals surface area (Å²) in [4.78, 5) is 6.78. The first kappa shape index (κ1) is 18.6. The molecule has 2 aromatic carbocycles. The molecule has 0 unspecified atom stereocenters. The number of guanidine groups is 1. The highest BCUT2D eigenvalue weighted by molar-refractivity contribution is 7.99. The number of anilines is 1. The van der Waals surface area contributed by atoms with Gasteiger partial charge in [-0.25, -0.2) is 0 Å². The molecule has 4 nitrogen and oxygen atoms in total. The molecule has 1 aliphatic rings. The van der Waals surface area contributed by atoms with Crippen LogP contribution in [0, 0.1) is 0 Å². The van der Waals surface area contributed by atoms with Crippen LogP contribution in [0.1, 0.15) is 11.1 Å². The Labute approximate surface area is 161 Å². The Balaban J connectivity index is 1.43. The van der Waals surface area contributed by atoms with Gasteiger partial charge in [0.05, 0.1) is 0 Å². The van der Waals surface area contributed by atoms with Gasteiger partial charge in [-0.3, -0.25) is 4.99 Å². The van der Waals surface area contributed by atoms with Crippen LogP contribution < -0.4 is 15.5 Å². The van der Waals surface area contributed by atoms with Gasteiger partial charge in [-0.15, -0.1) is 0 Å². The SMILES string of the molecule is CN=C(NCCc1ccccc1)NCc1ccc(N2CCSCC2)cc1. The quantitative estimate of drug-likeness (QED) is 0.607. The summed E-state index contributed by atoms with van der Waals surface area (Å²) in [6.45, 7) is 3.96. The molecule has 3 rings (SSSR count). The molecule has 0 aliphatic carbocycles. The monoisotopic (exact) mass is 368 g/mol. The van der Waals surface area contributed by atoms with Crippen LogP contribution in [0.5, 0.6) is 0 Å². The van der Waals surface area contributed by atoms with Crippen LogP contribution in [0.15, 0.2) is 59.6 Å². The molecule has 0 saturated carbocycles. The van der Waals surface area contributed by atoms with Crippen molar-refractivity contribution in [2.24, 2.45) is 4.99 Å². The van der Waals surface area contributed by atoms with E-state index in [1.807, 2.05) is 24.9 Å². The highest BCUT2D eigenvalue weighted by atomic mass is 32.2. The molecule has 138 valence electrons. The van der Waals surface area contributed by atoms with Crippen molar-refractivity contribution < 1.29 is 0 Å². The molecule has 2 N–H and O–H groups in total. The Morgan fingerprint density at radius 1 is 0.962 bits per heavy atom. The minimum atomic E-state index is 0.779. The molecule has 26 heavy (non-hydrogen) atoms. The van der Waals surface area contributed by atoms with E-state index in [4.69, 9.17) is 0 Å². The van der Waals surface area contributed by atoms with E-state index in [0.717, 1.165) is 38.6 Å². The van der Waals surface area contributed by atoms with Crippen molar-refractivity contribution >= 4 is 23.4 Å². The highest BCUT2D eigenvalue weighted by Crippen LogP contribution is 2.19. The van der Waals surface area contributed by atoms with Gasteiger partial charge in [0.2, 0.25) is 0 Å². The lowest BCUT2D eigenvalue weighted by molar-refractivity contribution is 0.794. The van der Waals surface area contributed by atoms with Gasteiger partial charge in [0.1, 0.15) is 0 Å². The molecule has 0 atom stereocenters. The third-order valence-corrected chi connectivity index (χ3v) is 5.49. The molecule has 0 aromatic heterocycles. The predicted octanol–water partition coefficient (Wildman–Crippen LogP) is 3.15. The summed E-state index contributed by atoms with van der Waals surface area (Å²) < 4.78 is 0. The van der Waals surface area contributed by atoms with Crippen molar-refractivity contribution in [2.45, 2.75) is 13.0 Å². The maximum Gasteiger partial charge on any atom is 0.191 e. The van der Waals surface area contributed by atoms with Crippen LogP contribution in [0.3, 0.4) is 0 Å². The van der Waals surface area contributed by atoms with Gasteiger partial charge >= 0.3 is 0 Å². The number of aliphatic imine (C=N–C) groups is 1. The van der Waals surface area contributed by atoms with Gasteiger partial charge in [-0.2, -0.15) is 11.8 Å². The summed E-state index contributed by atoms with van der Waals surface area (Å²) in [5.41, 5.74) is 3.94. The Morgan fingerprint density at radius 2 is 1.69 bits per heavy atom. The summed E-state index contributed by atoms with van der Waals surface area (Å²) in [5, 5.41) is 6.77. The summed E-state index contributed by atoms with van der Waals surface area (Å²) in [6.07, 6.45) is 0.990. The zero-order chi connectivity index (χ0) is 18.0. The molecule has 1 fully saturated rings. The van der Waals surface area contributed by atoms with E-state index >= 15 is 0 Å². The molecule has 1 aliphatic heterocycles. The number of hydrogen-bond acceptors (Lipinski definition) is 3. The Bertz CT molecular complexity index is 679. The van der Waals surface area contributed by atoms with E-state index in [-0.39, 0.29) is 0 Å². The van der Waals surface area contributed by atoms with Crippen LogP contribution in [0.4, 0.5) is 5.69 Å². The molecule has 0 bridgehead atoms. The number of thioether (sulfide) groups is 1. The lowest BCUT2D eigenvalue weighted by atomic mass is 10.1. The van der Waals surface area contributed by atoms with E-state index < -0.39 is 0 Å². The first-order chi connectivity index (χ1) is 12.8. The second-order valence-electron chi connectivity index (χ2n) is 6.35. The molecule has 1 heterocycles. The van der Waals surface area contributed by atoms with Crippen molar-refractivity contribution in [1.82, 2.24) is 10.6 Å². The number of nitrogens with zero attached hydrogens (tertiary/aromatic N) is 2. The lowest BCUT2D eigenvalue weighted by Gasteiger charge is -2.28. The Kier molecular flexibility index (Phi) is 7.25. The first-order valence-corrected chi connectivity index (χ1v) is 10.4. The van der Waals surface area contributed by atoms with Gasteiger partial charge in [-0.05, 0) is 29.7 Å². The summed E-state index contributed by atoms with van der Waals surface area (Å²) >= 11 is 2.04. The molecule has 0 radical (unpaired) electrons. The van der Waals surface area contributed by atoms with Crippen molar-refractivity contribution in [3.63, 3.8) is 0 Å². The minimum absolute atomic E-state index is 0.779. The average molecular weight is 369 g/mol. The molecular weight excluding hydrogens is 340 g/mol. The fourth-order valence-corrected chi connectivity index (χ4v) is 3.93. The second kappa shape index (κ2) is 10.1. The molecular formula is C21H28N4S. The van der Waals surface area contributed by atoms with E-state index in [1.165, 1.54) is 28.3 Å². The topological polar surface area (TPSA) is 39.7 Å². The van der Waals surface area contributed by atoms with Gasteiger partial charge in [0.25, 0.3) is 0 Å². The van der Waals surface area contributed by atoms with Crippen molar-refractivity contribution in [3.05, 3.63) is 65.7 Å². The Hall–Kier alpha value is -2.14. The molecule has 5 heteroatoms. The Morgan fingerprint density at radius 3 is 2.38 bits per heavy atom. The van der Waals surface area contributed by atoms with E-state index in [1.54, 1.807) is 0 Å². The number of rotatable bonds is 6. The minimum Gasteiger partial charge on any atom is -0.370 e. The smallest absolute Gasteiger partial charge is 0.191 e. The zero-order valence-electron chi connectivity index (χ0n) is 15.4. The predicted molar refractivity (Wildman–Crippen MR) is 114 cm³/mol.